The molecule has 106 valence electrons. The SMILES string of the molecule is COc1ccc(O)c(C2=NCC(=O)Nc3ccccc32)c1. The smallest absolute Gasteiger partial charge is 0.246 e. The van der Waals surface area contributed by atoms with Crippen molar-refractivity contribution in [2.24, 2.45) is 4.99 Å². The summed E-state index contributed by atoms with van der Waals surface area (Å²) in [7, 11) is 1.56. The van der Waals surface area contributed by atoms with Gasteiger partial charge in [0.1, 0.15) is 18.0 Å². The van der Waals surface area contributed by atoms with E-state index in [1.807, 2.05) is 24.3 Å². The fourth-order valence-corrected chi connectivity index (χ4v) is 2.29. The number of nitrogens with one attached hydrogen (secondary N) is 1. The van der Waals surface area contributed by atoms with Crippen molar-refractivity contribution < 1.29 is 14.6 Å². The van der Waals surface area contributed by atoms with Crippen molar-refractivity contribution in [3.63, 3.8) is 0 Å². The Labute approximate surface area is 121 Å². The van der Waals surface area contributed by atoms with Gasteiger partial charge in [0.25, 0.3) is 0 Å². The van der Waals surface area contributed by atoms with Gasteiger partial charge in [0.05, 0.1) is 18.5 Å². The molecule has 0 fully saturated rings. The number of rotatable bonds is 2. The van der Waals surface area contributed by atoms with Crippen molar-refractivity contribution in [3.8, 4) is 11.5 Å². The van der Waals surface area contributed by atoms with Gasteiger partial charge < -0.3 is 15.2 Å². The van der Waals surface area contributed by atoms with Gasteiger partial charge in [-0.2, -0.15) is 0 Å². The molecule has 2 N–H and O–H groups in total. The first-order chi connectivity index (χ1) is 10.2. The number of carbonyl (C=O) groups is 1. The lowest BCUT2D eigenvalue weighted by atomic mass is 9.99. The molecular formula is C16H14N2O3. The maximum atomic E-state index is 11.7. The minimum atomic E-state index is -0.181. The van der Waals surface area contributed by atoms with Crippen LogP contribution in [0.4, 0.5) is 5.69 Å². The number of benzene rings is 2. The number of ether oxygens (including phenoxy) is 1. The van der Waals surface area contributed by atoms with Crippen molar-refractivity contribution in [1.29, 1.82) is 0 Å². The summed E-state index contributed by atoms with van der Waals surface area (Å²) >= 11 is 0. The van der Waals surface area contributed by atoms with E-state index in [9.17, 15) is 9.90 Å². The van der Waals surface area contributed by atoms with E-state index in [1.54, 1.807) is 25.3 Å². The van der Waals surface area contributed by atoms with Crippen LogP contribution in [-0.2, 0) is 4.79 Å². The number of hydrogen-bond acceptors (Lipinski definition) is 4. The molecule has 0 bridgehead atoms. The van der Waals surface area contributed by atoms with Gasteiger partial charge in [-0.1, -0.05) is 18.2 Å². The van der Waals surface area contributed by atoms with Crippen LogP contribution < -0.4 is 10.1 Å². The van der Waals surface area contributed by atoms with Crippen LogP contribution in [0.2, 0.25) is 0 Å². The molecule has 0 aliphatic carbocycles. The van der Waals surface area contributed by atoms with Gasteiger partial charge >= 0.3 is 0 Å². The summed E-state index contributed by atoms with van der Waals surface area (Å²) in [5, 5.41) is 12.9. The normalized spacial score (nSPS) is 13.8. The quantitative estimate of drug-likeness (QED) is 0.887. The zero-order valence-electron chi connectivity index (χ0n) is 11.5. The van der Waals surface area contributed by atoms with Crippen LogP contribution in [0.25, 0.3) is 0 Å². The standard InChI is InChI=1S/C16H14N2O3/c1-21-10-6-7-14(19)12(8-10)16-11-4-2-3-5-13(11)18-15(20)9-17-16/h2-8,19H,9H2,1H3,(H,18,20). The van der Waals surface area contributed by atoms with Gasteiger partial charge in [0, 0.05) is 11.1 Å². The number of amides is 1. The molecule has 1 amide bonds. The fraction of sp³-hybridized carbons (Fsp3) is 0.125. The molecule has 1 aliphatic rings. The van der Waals surface area contributed by atoms with Crippen LogP contribution in [0.3, 0.4) is 0 Å². The summed E-state index contributed by atoms with van der Waals surface area (Å²) in [6.07, 6.45) is 0. The highest BCUT2D eigenvalue weighted by atomic mass is 16.5. The van der Waals surface area contributed by atoms with E-state index in [2.05, 4.69) is 10.3 Å². The monoisotopic (exact) mass is 282 g/mol. The summed E-state index contributed by atoms with van der Waals surface area (Å²) in [4.78, 5) is 16.1. The first-order valence-corrected chi connectivity index (χ1v) is 6.50. The zero-order valence-corrected chi connectivity index (χ0v) is 11.5. The number of aromatic hydroxyl groups is 1. The molecule has 1 aliphatic heterocycles. The molecule has 21 heavy (non-hydrogen) atoms. The number of hydrogen-bond donors (Lipinski definition) is 2. The van der Waals surface area contributed by atoms with Crippen LogP contribution in [0.1, 0.15) is 11.1 Å². The first kappa shape index (κ1) is 13.2. The number of benzodiazepines with no additional fused rings is 1. The highest BCUT2D eigenvalue weighted by molar-refractivity contribution is 6.20. The number of carbonyl (C=O) groups excluding carboxylic acids is 1. The van der Waals surface area contributed by atoms with Crippen LogP contribution in [0, 0.1) is 0 Å². The number of methoxy groups -OCH3 is 1. The number of phenolic OH excluding ortho intramolecular Hbond substituents is 1. The number of aliphatic imine (C=N–C) groups is 1. The zero-order chi connectivity index (χ0) is 14.8. The Morgan fingerprint density at radius 3 is 2.81 bits per heavy atom. The van der Waals surface area contributed by atoms with Crippen LogP contribution >= 0.6 is 0 Å². The van der Waals surface area contributed by atoms with Gasteiger partial charge in [-0.15, -0.1) is 0 Å². The Morgan fingerprint density at radius 1 is 1.19 bits per heavy atom. The molecule has 0 saturated heterocycles. The summed E-state index contributed by atoms with van der Waals surface area (Å²) < 4.78 is 5.19. The van der Waals surface area contributed by atoms with Crippen LogP contribution in [0.15, 0.2) is 47.5 Å². The third kappa shape index (κ3) is 2.45. The maximum Gasteiger partial charge on any atom is 0.246 e. The molecule has 0 aromatic heterocycles. The summed E-state index contributed by atoms with van der Waals surface area (Å²) in [5.74, 6) is 0.532. The van der Waals surface area contributed by atoms with Crippen molar-refractivity contribution in [1.82, 2.24) is 0 Å². The molecule has 5 heteroatoms. The lowest BCUT2D eigenvalue weighted by Gasteiger charge is -2.12. The Hall–Kier alpha value is -2.82. The Kier molecular flexibility index (Phi) is 3.31. The summed E-state index contributed by atoms with van der Waals surface area (Å²) in [6, 6.07) is 12.3. The number of fused-ring (bicyclic) bond motifs is 1. The van der Waals surface area contributed by atoms with Gasteiger partial charge in [-0.25, -0.2) is 0 Å². The molecule has 1 heterocycles. The molecule has 0 spiro atoms. The van der Waals surface area contributed by atoms with Crippen LogP contribution in [-0.4, -0.2) is 30.4 Å². The third-order valence-electron chi connectivity index (χ3n) is 3.30. The third-order valence-corrected chi connectivity index (χ3v) is 3.30. The van der Waals surface area contributed by atoms with E-state index in [0.29, 0.717) is 22.7 Å². The van der Waals surface area contributed by atoms with Gasteiger partial charge in [-0.05, 0) is 24.3 Å². The van der Waals surface area contributed by atoms with E-state index in [4.69, 9.17) is 4.74 Å². The average molecular weight is 282 g/mol. The van der Waals surface area contributed by atoms with E-state index >= 15 is 0 Å². The van der Waals surface area contributed by atoms with Crippen molar-refractivity contribution in [2.75, 3.05) is 19.0 Å². The lowest BCUT2D eigenvalue weighted by molar-refractivity contribution is -0.114. The molecule has 5 nitrogen and oxygen atoms in total. The summed E-state index contributed by atoms with van der Waals surface area (Å²) in [5.41, 5.74) is 2.56. The van der Waals surface area contributed by atoms with Gasteiger partial charge in [-0.3, -0.25) is 9.79 Å². The minimum absolute atomic E-state index is 0.0145. The van der Waals surface area contributed by atoms with Gasteiger partial charge in [0.2, 0.25) is 5.91 Å². The molecule has 0 atom stereocenters. The predicted octanol–water partition coefficient (Wildman–Crippen LogP) is 2.19. The topological polar surface area (TPSA) is 70.9 Å². The Balaban J connectivity index is 2.20. The number of para-hydroxylation sites is 1. The largest absolute Gasteiger partial charge is 0.507 e. The highest BCUT2D eigenvalue weighted by Crippen LogP contribution is 2.29. The molecular weight excluding hydrogens is 268 g/mol. The minimum Gasteiger partial charge on any atom is -0.507 e. The number of nitrogens with zero attached hydrogens (tertiary/aromatic N) is 1. The van der Waals surface area contributed by atoms with Crippen molar-refractivity contribution >= 4 is 17.3 Å². The Bertz CT molecular complexity index is 738. The molecule has 0 unspecified atom stereocenters. The van der Waals surface area contributed by atoms with E-state index < -0.39 is 0 Å². The Morgan fingerprint density at radius 2 is 2.00 bits per heavy atom. The summed E-state index contributed by atoms with van der Waals surface area (Å²) in [6.45, 7) is 0.0145. The predicted molar refractivity (Wildman–Crippen MR) is 80.2 cm³/mol. The van der Waals surface area contributed by atoms with Crippen LogP contribution in [0.5, 0.6) is 11.5 Å². The molecule has 0 radical (unpaired) electrons. The second-order valence-electron chi connectivity index (χ2n) is 4.64. The molecule has 2 aromatic rings. The molecule has 0 saturated carbocycles. The first-order valence-electron chi connectivity index (χ1n) is 6.50. The second-order valence-corrected chi connectivity index (χ2v) is 4.64. The van der Waals surface area contributed by atoms with E-state index in [1.165, 1.54) is 0 Å². The lowest BCUT2D eigenvalue weighted by Crippen LogP contribution is -2.13. The maximum absolute atomic E-state index is 11.7. The number of phenols is 1. The second kappa shape index (κ2) is 5.28. The average Bonchev–Trinajstić information content (AvgIpc) is 2.66. The fourth-order valence-electron chi connectivity index (χ4n) is 2.29. The van der Waals surface area contributed by atoms with E-state index in [-0.39, 0.29) is 18.2 Å². The molecule has 2 aromatic carbocycles. The van der Waals surface area contributed by atoms with Crippen molar-refractivity contribution in [3.05, 3.63) is 53.6 Å². The number of anilines is 1. The van der Waals surface area contributed by atoms with Crippen molar-refractivity contribution in [2.45, 2.75) is 0 Å². The molecule has 3 rings (SSSR count). The van der Waals surface area contributed by atoms with E-state index in [0.717, 1.165) is 5.56 Å². The highest BCUT2D eigenvalue weighted by Gasteiger charge is 2.20. The van der Waals surface area contributed by atoms with Gasteiger partial charge in [0.15, 0.2) is 0 Å².